The Morgan fingerprint density at radius 3 is 2.38 bits per heavy atom. The Bertz CT molecular complexity index is 264. The lowest BCUT2D eigenvalue weighted by Gasteiger charge is -2.40. The Morgan fingerprint density at radius 1 is 1.00 bits per heavy atom. The molecule has 1 aliphatic heterocycles. The van der Waals surface area contributed by atoms with Crippen molar-refractivity contribution < 1.29 is 9.47 Å². The molecule has 0 radical (unpaired) electrons. The van der Waals surface area contributed by atoms with Crippen LogP contribution in [0.3, 0.4) is 0 Å². The van der Waals surface area contributed by atoms with Gasteiger partial charge in [-0.1, -0.05) is 19.3 Å². The van der Waals surface area contributed by atoms with Crippen LogP contribution in [0.15, 0.2) is 0 Å². The molecule has 4 nitrogen and oxygen atoms in total. The summed E-state index contributed by atoms with van der Waals surface area (Å²) in [5, 5.41) is 7.50. The predicted octanol–water partition coefficient (Wildman–Crippen LogP) is 2.68. The van der Waals surface area contributed by atoms with Crippen LogP contribution in [0.4, 0.5) is 0 Å². The minimum Gasteiger partial charge on any atom is -0.352 e. The Morgan fingerprint density at radius 2 is 1.71 bits per heavy atom. The fourth-order valence-electron chi connectivity index (χ4n) is 3.92. The van der Waals surface area contributed by atoms with Crippen molar-refractivity contribution in [3.8, 4) is 0 Å². The first-order valence-electron chi connectivity index (χ1n) is 9.05. The summed E-state index contributed by atoms with van der Waals surface area (Å²) >= 11 is 0. The van der Waals surface area contributed by atoms with E-state index in [9.17, 15) is 0 Å². The van der Waals surface area contributed by atoms with Gasteiger partial charge in [-0.2, -0.15) is 0 Å². The molecule has 0 bridgehead atoms. The van der Waals surface area contributed by atoms with Crippen molar-refractivity contribution in [1.82, 2.24) is 10.6 Å². The van der Waals surface area contributed by atoms with Gasteiger partial charge >= 0.3 is 0 Å². The standard InChI is InChI=1S/C17H34N2O2/c1-3-20-17(21-4-2)13-19-16-10-6-5-9-14(16)15-11-7-8-12-18-15/h14-19H,3-13H2,1-2H3. The molecule has 1 heterocycles. The molecule has 1 aliphatic carbocycles. The van der Waals surface area contributed by atoms with Crippen LogP contribution < -0.4 is 10.6 Å². The molecule has 0 aromatic rings. The van der Waals surface area contributed by atoms with Crippen molar-refractivity contribution in [3.05, 3.63) is 0 Å². The molecular weight excluding hydrogens is 264 g/mol. The van der Waals surface area contributed by atoms with E-state index in [4.69, 9.17) is 9.47 Å². The number of hydrogen-bond donors (Lipinski definition) is 2. The third kappa shape index (κ3) is 5.51. The van der Waals surface area contributed by atoms with Gasteiger partial charge in [-0.25, -0.2) is 0 Å². The van der Waals surface area contributed by atoms with Crippen LogP contribution >= 0.6 is 0 Å². The van der Waals surface area contributed by atoms with Gasteiger partial charge in [0.15, 0.2) is 6.29 Å². The highest BCUT2D eigenvalue weighted by molar-refractivity contribution is 4.90. The molecule has 0 amide bonds. The van der Waals surface area contributed by atoms with E-state index in [2.05, 4.69) is 10.6 Å². The third-order valence-corrected chi connectivity index (χ3v) is 4.94. The van der Waals surface area contributed by atoms with Gasteiger partial charge in [0.05, 0.1) is 0 Å². The summed E-state index contributed by atoms with van der Waals surface area (Å²) in [5.74, 6) is 0.781. The molecule has 0 spiro atoms. The van der Waals surface area contributed by atoms with E-state index in [1.54, 1.807) is 0 Å². The highest BCUT2D eigenvalue weighted by Gasteiger charge is 2.32. The van der Waals surface area contributed by atoms with Gasteiger partial charge in [0, 0.05) is 31.8 Å². The maximum atomic E-state index is 5.65. The zero-order valence-corrected chi connectivity index (χ0v) is 13.9. The second-order valence-electron chi connectivity index (χ2n) is 6.36. The largest absolute Gasteiger partial charge is 0.352 e. The molecule has 4 heteroatoms. The van der Waals surface area contributed by atoms with E-state index in [0.29, 0.717) is 25.3 Å². The second-order valence-corrected chi connectivity index (χ2v) is 6.36. The summed E-state index contributed by atoms with van der Waals surface area (Å²) in [4.78, 5) is 0. The SMILES string of the molecule is CCOC(CNC1CCCCC1C1CCCCN1)OCC. The van der Waals surface area contributed by atoms with Crippen LogP contribution in [0.25, 0.3) is 0 Å². The third-order valence-electron chi connectivity index (χ3n) is 4.94. The van der Waals surface area contributed by atoms with Gasteiger partial charge in [0.25, 0.3) is 0 Å². The van der Waals surface area contributed by atoms with Gasteiger partial charge in [-0.3, -0.25) is 0 Å². The van der Waals surface area contributed by atoms with Gasteiger partial charge < -0.3 is 20.1 Å². The fraction of sp³-hybridized carbons (Fsp3) is 1.00. The maximum Gasteiger partial charge on any atom is 0.169 e. The number of ether oxygens (including phenoxy) is 2. The van der Waals surface area contributed by atoms with Crippen molar-refractivity contribution in [2.45, 2.75) is 77.2 Å². The Labute approximate surface area is 130 Å². The second kappa shape index (κ2) is 9.78. The van der Waals surface area contributed by atoms with E-state index >= 15 is 0 Å². The van der Waals surface area contributed by atoms with Crippen LogP contribution in [0.2, 0.25) is 0 Å². The first-order chi connectivity index (χ1) is 10.3. The Balaban J connectivity index is 1.82. The molecule has 2 rings (SSSR count). The monoisotopic (exact) mass is 298 g/mol. The molecule has 3 unspecified atom stereocenters. The lowest BCUT2D eigenvalue weighted by atomic mass is 9.77. The topological polar surface area (TPSA) is 42.5 Å². The van der Waals surface area contributed by atoms with Gasteiger partial charge in [-0.05, 0) is 52.0 Å². The molecule has 2 aliphatic rings. The average molecular weight is 298 g/mol. The lowest BCUT2D eigenvalue weighted by molar-refractivity contribution is -0.134. The zero-order chi connectivity index (χ0) is 14.9. The van der Waals surface area contributed by atoms with Crippen molar-refractivity contribution in [2.24, 2.45) is 5.92 Å². The van der Waals surface area contributed by atoms with Gasteiger partial charge in [0.1, 0.15) is 0 Å². The lowest BCUT2D eigenvalue weighted by Crippen LogP contribution is -2.52. The highest BCUT2D eigenvalue weighted by atomic mass is 16.7. The molecular formula is C17H34N2O2. The maximum absolute atomic E-state index is 5.65. The Kier molecular flexibility index (Phi) is 8.01. The molecule has 2 N–H and O–H groups in total. The number of piperidine rings is 1. The van der Waals surface area contributed by atoms with E-state index in [0.717, 1.165) is 12.5 Å². The van der Waals surface area contributed by atoms with E-state index in [-0.39, 0.29) is 6.29 Å². The molecule has 21 heavy (non-hydrogen) atoms. The van der Waals surface area contributed by atoms with E-state index in [1.807, 2.05) is 13.8 Å². The molecule has 2 fully saturated rings. The smallest absolute Gasteiger partial charge is 0.169 e. The summed E-state index contributed by atoms with van der Waals surface area (Å²) in [6, 6.07) is 1.34. The summed E-state index contributed by atoms with van der Waals surface area (Å²) in [6.07, 6.45) is 9.40. The van der Waals surface area contributed by atoms with Crippen molar-refractivity contribution in [1.29, 1.82) is 0 Å². The molecule has 124 valence electrons. The quantitative estimate of drug-likeness (QED) is 0.676. The number of nitrogens with one attached hydrogen (secondary N) is 2. The van der Waals surface area contributed by atoms with E-state index < -0.39 is 0 Å². The van der Waals surface area contributed by atoms with Gasteiger partial charge in [-0.15, -0.1) is 0 Å². The minimum atomic E-state index is -0.0955. The van der Waals surface area contributed by atoms with Crippen molar-refractivity contribution >= 4 is 0 Å². The minimum absolute atomic E-state index is 0.0955. The van der Waals surface area contributed by atoms with E-state index in [1.165, 1.54) is 51.5 Å². The molecule has 0 aromatic carbocycles. The first kappa shape index (κ1) is 17.2. The summed E-state index contributed by atoms with van der Waals surface area (Å²) in [5.41, 5.74) is 0. The average Bonchev–Trinajstić information content (AvgIpc) is 2.54. The van der Waals surface area contributed by atoms with Crippen molar-refractivity contribution in [3.63, 3.8) is 0 Å². The fourth-order valence-corrected chi connectivity index (χ4v) is 3.92. The predicted molar refractivity (Wildman–Crippen MR) is 86.4 cm³/mol. The highest BCUT2D eigenvalue weighted by Crippen LogP contribution is 2.30. The molecule has 1 saturated carbocycles. The summed E-state index contributed by atoms with van der Waals surface area (Å²) < 4.78 is 11.3. The summed E-state index contributed by atoms with van der Waals surface area (Å²) in [7, 11) is 0. The normalized spacial score (nSPS) is 30.7. The van der Waals surface area contributed by atoms with Crippen LogP contribution in [-0.2, 0) is 9.47 Å². The van der Waals surface area contributed by atoms with Crippen LogP contribution in [0.5, 0.6) is 0 Å². The summed E-state index contributed by atoms with van der Waals surface area (Å²) in [6.45, 7) is 7.50. The van der Waals surface area contributed by atoms with Crippen LogP contribution in [0, 0.1) is 5.92 Å². The molecule has 3 atom stereocenters. The number of rotatable bonds is 8. The zero-order valence-electron chi connectivity index (χ0n) is 13.9. The van der Waals surface area contributed by atoms with Crippen LogP contribution in [-0.4, -0.2) is 44.7 Å². The number of hydrogen-bond acceptors (Lipinski definition) is 4. The van der Waals surface area contributed by atoms with Gasteiger partial charge in [0.2, 0.25) is 0 Å². The van der Waals surface area contributed by atoms with Crippen LogP contribution in [0.1, 0.15) is 58.8 Å². The molecule has 0 aromatic heterocycles. The first-order valence-corrected chi connectivity index (χ1v) is 9.05. The Hall–Kier alpha value is -0.160. The molecule has 1 saturated heterocycles. The van der Waals surface area contributed by atoms with Crippen molar-refractivity contribution in [2.75, 3.05) is 26.3 Å².